The highest BCUT2D eigenvalue weighted by atomic mass is 16.7. The molecule has 1 aliphatic heterocycles. The Balaban J connectivity index is 2.20. The number of carbonyl (C=O) groups is 4. The van der Waals surface area contributed by atoms with Crippen molar-refractivity contribution in [1.82, 2.24) is 0 Å². The van der Waals surface area contributed by atoms with Crippen molar-refractivity contribution >= 4 is 23.1 Å². The zero-order valence-electron chi connectivity index (χ0n) is 21.8. The second-order valence-corrected chi connectivity index (χ2v) is 9.74. The van der Waals surface area contributed by atoms with Gasteiger partial charge in [-0.3, -0.25) is 19.2 Å². The first-order valence-corrected chi connectivity index (χ1v) is 12.0. The summed E-state index contributed by atoms with van der Waals surface area (Å²) in [6.07, 6.45) is -6.40. The second kappa shape index (κ2) is 10.5. The molecule has 3 rings (SSSR count). The maximum atomic E-state index is 12.9. The summed E-state index contributed by atoms with van der Waals surface area (Å²) in [6.45, 7) is 5.19. The van der Waals surface area contributed by atoms with Crippen LogP contribution >= 0.6 is 0 Å². The van der Waals surface area contributed by atoms with Crippen LogP contribution in [-0.4, -0.2) is 78.9 Å². The van der Waals surface area contributed by atoms with Crippen LogP contribution in [0.5, 0.6) is 5.75 Å². The van der Waals surface area contributed by atoms with E-state index in [4.69, 9.17) is 9.47 Å². The quantitative estimate of drug-likeness (QED) is 0.362. The van der Waals surface area contributed by atoms with Crippen LogP contribution in [0.2, 0.25) is 0 Å². The fraction of sp³-hybridized carbons (Fsp3) is 0.429. The van der Waals surface area contributed by atoms with Gasteiger partial charge in [-0.2, -0.15) is 0 Å². The van der Waals surface area contributed by atoms with E-state index in [1.54, 1.807) is 18.2 Å². The first-order chi connectivity index (χ1) is 17.6. The van der Waals surface area contributed by atoms with Crippen LogP contribution in [0, 0.1) is 6.92 Å². The minimum absolute atomic E-state index is 0.0768. The number of aliphatic hydroxyl groups excluding tert-OH is 1. The summed E-state index contributed by atoms with van der Waals surface area (Å²) in [5.41, 5.74) is -7.78. The molecule has 4 N–H and O–H groups in total. The Morgan fingerprint density at radius 2 is 1.42 bits per heavy atom. The lowest BCUT2D eigenvalue weighted by molar-refractivity contribution is -0.358. The van der Waals surface area contributed by atoms with Crippen LogP contribution in [0.4, 0.5) is 0 Å². The molecule has 1 fully saturated rings. The van der Waals surface area contributed by atoms with Crippen molar-refractivity contribution in [2.75, 3.05) is 0 Å². The molecular formula is C28H32O10. The van der Waals surface area contributed by atoms with E-state index < -0.39 is 58.4 Å². The minimum Gasteiger partial charge on any atom is -0.461 e. The smallest absolute Gasteiger partial charge is 0.240 e. The van der Waals surface area contributed by atoms with E-state index >= 15 is 0 Å². The van der Waals surface area contributed by atoms with Gasteiger partial charge in [-0.1, -0.05) is 48.0 Å². The highest BCUT2D eigenvalue weighted by molar-refractivity contribution is 6.05. The molecule has 1 aliphatic rings. The van der Waals surface area contributed by atoms with Gasteiger partial charge in [0.1, 0.15) is 18.0 Å². The number of Topliss-reactive ketones (excluding diaryl/α,β-unsaturated/α-hetero) is 4. The monoisotopic (exact) mass is 528 g/mol. The van der Waals surface area contributed by atoms with E-state index in [0.717, 1.165) is 38.8 Å². The molecule has 0 aliphatic carbocycles. The average molecular weight is 529 g/mol. The molecule has 2 aromatic rings. The number of para-hydroxylation sites is 1. The lowest BCUT2D eigenvalue weighted by atomic mass is 9.60. The van der Waals surface area contributed by atoms with Crippen LogP contribution in [0.25, 0.3) is 0 Å². The summed E-state index contributed by atoms with van der Waals surface area (Å²) < 4.78 is 11.5. The fourth-order valence-electron chi connectivity index (χ4n) is 4.84. The van der Waals surface area contributed by atoms with Crippen molar-refractivity contribution in [3.8, 4) is 5.75 Å². The molecule has 0 aromatic heterocycles. The van der Waals surface area contributed by atoms with Gasteiger partial charge in [-0.15, -0.1) is 0 Å². The van der Waals surface area contributed by atoms with Gasteiger partial charge in [0, 0.05) is 6.42 Å². The van der Waals surface area contributed by atoms with E-state index in [2.05, 4.69) is 0 Å². The van der Waals surface area contributed by atoms with Gasteiger partial charge >= 0.3 is 0 Å². The molecule has 38 heavy (non-hydrogen) atoms. The van der Waals surface area contributed by atoms with Crippen molar-refractivity contribution in [2.24, 2.45) is 0 Å². The Morgan fingerprint density at radius 1 is 0.868 bits per heavy atom. The van der Waals surface area contributed by atoms with E-state index in [9.17, 15) is 39.6 Å². The number of ether oxygens (including phenoxy) is 2. The number of aliphatic hydroxyl groups is 4. The number of aryl methyl sites for hydroxylation is 1. The van der Waals surface area contributed by atoms with Crippen LogP contribution < -0.4 is 4.74 Å². The maximum absolute atomic E-state index is 12.9. The molecule has 1 unspecified atom stereocenters. The van der Waals surface area contributed by atoms with E-state index in [0.29, 0.717) is 12.0 Å². The Labute approximate surface area is 219 Å². The zero-order chi connectivity index (χ0) is 28.6. The molecule has 1 saturated heterocycles. The Morgan fingerprint density at radius 3 is 1.92 bits per heavy atom. The number of ketones is 4. The molecule has 204 valence electrons. The van der Waals surface area contributed by atoms with Gasteiger partial charge < -0.3 is 29.9 Å². The largest absolute Gasteiger partial charge is 0.461 e. The predicted molar refractivity (Wildman–Crippen MR) is 133 cm³/mol. The highest BCUT2D eigenvalue weighted by Gasteiger charge is 2.80. The molecule has 0 amide bonds. The topological polar surface area (TPSA) is 168 Å². The molecule has 0 spiro atoms. The average Bonchev–Trinajstić information content (AvgIpc) is 2.85. The molecular weight excluding hydrogens is 496 g/mol. The summed E-state index contributed by atoms with van der Waals surface area (Å²) in [5, 5.41) is 45.3. The maximum Gasteiger partial charge on any atom is 0.240 e. The van der Waals surface area contributed by atoms with E-state index in [1.807, 2.05) is 31.2 Å². The number of rotatable bonds is 9. The lowest BCUT2D eigenvalue weighted by Gasteiger charge is -2.57. The zero-order valence-corrected chi connectivity index (χ0v) is 21.8. The highest BCUT2D eigenvalue weighted by Crippen LogP contribution is 2.48. The fourth-order valence-corrected chi connectivity index (χ4v) is 4.84. The molecule has 0 bridgehead atoms. The molecule has 10 nitrogen and oxygen atoms in total. The summed E-state index contributed by atoms with van der Waals surface area (Å²) in [6, 6.07) is 14.1. The first kappa shape index (κ1) is 29.3. The SMILES string of the molecule is CC(=O)C(O)[C@H]1O[C@H](Oc2ccccc2Cc2ccc(C)cc2)[C@@](O)(C(C)=O)[C@](O)(C(C)=O)[C@@]1(O)C(C)=O. The van der Waals surface area contributed by atoms with Crippen LogP contribution in [-0.2, 0) is 30.3 Å². The molecule has 6 atom stereocenters. The van der Waals surface area contributed by atoms with Gasteiger partial charge in [0.05, 0.1) is 0 Å². The van der Waals surface area contributed by atoms with Crippen molar-refractivity contribution < 1.29 is 49.1 Å². The third kappa shape index (κ3) is 4.48. The second-order valence-electron chi connectivity index (χ2n) is 9.74. The van der Waals surface area contributed by atoms with Crippen LogP contribution in [0.15, 0.2) is 48.5 Å². The number of hydrogen-bond donors (Lipinski definition) is 4. The molecule has 2 aromatic carbocycles. The molecule has 1 heterocycles. The van der Waals surface area contributed by atoms with Gasteiger partial charge in [-0.25, -0.2) is 0 Å². The van der Waals surface area contributed by atoms with Gasteiger partial charge in [0.2, 0.25) is 17.5 Å². The summed E-state index contributed by atoms with van der Waals surface area (Å²) in [4.78, 5) is 50.6. The van der Waals surface area contributed by atoms with Crippen LogP contribution in [0.1, 0.15) is 44.4 Å². The standard InChI is InChI=1S/C28H32O10/c1-15-10-12-20(13-11-15)14-21-8-6-7-9-22(21)37-25-27(35,18(4)31)28(36,19(5)32)26(34,17(3)30)24(38-25)23(33)16(2)29/h6-13,23-25,33-36H,14H2,1-5H3/t23?,24-,25+,26-,27+,28+/m1/s1. The van der Waals surface area contributed by atoms with Gasteiger partial charge in [-0.05, 0) is 51.8 Å². The predicted octanol–water partition coefficient (Wildman–Crippen LogP) is 0.600. The third-order valence-corrected chi connectivity index (χ3v) is 7.13. The lowest BCUT2D eigenvalue weighted by Crippen LogP contribution is -2.87. The summed E-state index contributed by atoms with van der Waals surface area (Å²) in [5.74, 6) is -4.90. The number of carbonyl (C=O) groups excluding carboxylic acids is 4. The summed E-state index contributed by atoms with van der Waals surface area (Å²) in [7, 11) is 0. The Hall–Kier alpha value is -3.28. The Bertz CT molecular complexity index is 1250. The van der Waals surface area contributed by atoms with Crippen LogP contribution in [0.3, 0.4) is 0 Å². The number of hydrogen-bond acceptors (Lipinski definition) is 10. The van der Waals surface area contributed by atoms with Crippen molar-refractivity contribution in [2.45, 2.75) is 76.3 Å². The van der Waals surface area contributed by atoms with Crippen molar-refractivity contribution in [3.63, 3.8) is 0 Å². The summed E-state index contributed by atoms with van der Waals surface area (Å²) >= 11 is 0. The normalized spacial score (nSPS) is 29.8. The van der Waals surface area contributed by atoms with Crippen molar-refractivity contribution in [1.29, 1.82) is 0 Å². The molecule has 0 radical (unpaired) electrons. The first-order valence-electron chi connectivity index (χ1n) is 12.0. The van der Waals surface area contributed by atoms with E-state index in [-0.39, 0.29) is 5.75 Å². The van der Waals surface area contributed by atoms with Gasteiger partial charge in [0.25, 0.3) is 0 Å². The number of benzene rings is 2. The Kier molecular flexibility index (Phi) is 8.07. The van der Waals surface area contributed by atoms with E-state index in [1.165, 1.54) is 6.07 Å². The molecule has 0 saturated carbocycles. The minimum atomic E-state index is -3.56. The van der Waals surface area contributed by atoms with Gasteiger partial charge in [0.15, 0.2) is 28.7 Å². The van der Waals surface area contributed by atoms with Crippen molar-refractivity contribution in [3.05, 3.63) is 65.2 Å². The third-order valence-electron chi connectivity index (χ3n) is 7.13. The molecule has 10 heteroatoms.